The average molecular weight is 228 g/mol. The summed E-state index contributed by atoms with van der Waals surface area (Å²) in [5.41, 5.74) is 0. The first-order chi connectivity index (χ1) is 7.06. The van der Waals surface area contributed by atoms with Gasteiger partial charge in [-0.25, -0.2) is 0 Å². The Hall–Kier alpha value is -0.550. The zero-order valence-corrected chi connectivity index (χ0v) is 10.9. The molecule has 1 N–H and O–H groups in total. The zero-order valence-electron chi connectivity index (χ0n) is 10.1. The summed E-state index contributed by atoms with van der Waals surface area (Å²) < 4.78 is 2.03. The van der Waals surface area contributed by atoms with Crippen molar-refractivity contribution < 1.29 is 0 Å². The number of nitrogens with zero attached hydrogens (tertiary/aromatic N) is 3. The van der Waals surface area contributed by atoms with Gasteiger partial charge in [0.05, 0.1) is 0 Å². The van der Waals surface area contributed by atoms with Gasteiger partial charge in [-0.05, 0) is 20.4 Å². The van der Waals surface area contributed by atoms with Crippen molar-refractivity contribution in [2.75, 3.05) is 6.54 Å². The molecule has 1 heterocycles. The molecule has 0 saturated carbocycles. The second kappa shape index (κ2) is 5.51. The molecule has 1 aromatic heterocycles. The molecule has 15 heavy (non-hydrogen) atoms. The molecule has 0 aliphatic heterocycles. The van der Waals surface area contributed by atoms with Crippen LogP contribution in [0.2, 0.25) is 0 Å². The maximum atomic E-state index is 4.15. The Labute approximate surface area is 95.9 Å². The van der Waals surface area contributed by atoms with Gasteiger partial charge in [-0.1, -0.05) is 25.6 Å². The van der Waals surface area contributed by atoms with Crippen molar-refractivity contribution in [2.45, 2.75) is 44.1 Å². The Morgan fingerprint density at radius 3 is 2.53 bits per heavy atom. The van der Waals surface area contributed by atoms with Crippen molar-refractivity contribution in [1.29, 1.82) is 0 Å². The minimum atomic E-state index is 0.483. The SMILES string of the molecule is CCNC(C)C(C)Sc1nnc(C)n1C. The summed E-state index contributed by atoms with van der Waals surface area (Å²) in [5, 5.41) is 13.1. The van der Waals surface area contributed by atoms with Gasteiger partial charge in [0.1, 0.15) is 5.82 Å². The number of hydrogen-bond donors (Lipinski definition) is 1. The number of rotatable bonds is 5. The minimum absolute atomic E-state index is 0.483. The van der Waals surface area contributed by atoms with Gasteiger partial charge >= 0.3 is 0 Å². The summed E-state index contributed by atoms with van der Waals surface area (Å²) in [6.07, 6.45) is 0. The normalized spacial score (nSPS) is 15.3. The molecule has 0 saturated heterocycles. The van der Waals surface area contributed by atoms with Crippen molar-refractivity contribution in [3.05, 3.63) is 5.82 Å². The topological polar surface area (TPSA) is 42.7 Å². The molecular weight excluding hydrogens is 208 g/mol. The zero-order chi connectivity index (χ0) is 11.4. The molecule has 0 amide bonds. The van der Waals surface area contributed by atoms with Crippen molar-refractivity contribution in [2.24, 2.45) is 7.05 Å². The maximum absolute atomic E-state index is 4.15. The molecule has 0 bridgehead atoms. The van der Waals surface area contributed by atoms with E-state index < -0.39 is 0 Å². The van der Waals surface area contributed by atoms with Crippen molar-refractivity contribution in [1.82, 2.24) is 20.1 Å². The van der Waals surface area contributed by atoms with Crippen LogP contribution in [0.4, 0.5) is 0 Å². The van der Waals surface area contributed by atoms with Gasteiger partial charge in [-0.3, -0.25) is 0 Å². The number of thioether (sulfide) groups is 1. The van der Waals surface area contributed by atoms with E-state index in [2.05, 4.69) is 36.3 Å². The molecule has 1 aromatic rings. The summed E-state index contributed by atoms with van der Waals surface area (Å²) in [5.74, 6) is 0.959. The predicted octanol–water partition coefficient (Wildman–Crippen LogP) is 1.60. The maximum Gasteiger partial charge on any atom is 0.191 e. The Bertz CT molecular complexity index is 310. The third-order valence-corrected chi connectivity index (χ3v) is 3.92. The first-order valence-electron chi connectivity index (χ1n) is 5.32. The van der Waals surface area contributed by atoms with Gasteiger partial charge in [0.15, 0.2) is 5.16 Å². The van der Waals surface area contributed by atoms with E-state index >= 15 is 0 Å². The summed E-state index contributed by atoms with van der Waals surface area (Å²) >= 11 is 1.77. The van der Waals surface area contributed by atoms with Crippen LogP contribution < -0.4 is 5.32 Å². The monoisotopic (exact) mass is 228 g/mol. The summed E-state index contributed by atoms with van der Waals surface area (Å²) in [6, 6.07) is 0.483. The Morgan fingerprint density at radius 2 is 2.07 bits per heavy atom. The van der Waals surface area contributed by atoms with E-state index in [1.807, 2.05) is 18.5 Å². The van der Waals surface area contributed by atoms with Crippen LogP contribution in [0.3, 0.4) is 0 Å². The number of hydrogen-bond acceptors (Lipinski definition) is 4. The van der Waals surface area contributed by atoms with Crippen LogP contribution in [0, 0.1) is 6.92 Å². The van der Waals surface area contributed by atoms with Crippen molar-refractivity contribution in [3.63, 3.8) is 0 Å². The molecule has 4 nitrogen and oxygen atoms in total. The second-order valence-corrected chi connectivity index (χ2v) is 5.10. The number of nitrogens with one attached hydrogen (secondary N) is 1. The molecule has 0 aromatic carbocycles. The predicted molar refractivity (Wildman–Crippen MR) is 64.2 cm³/mol. The summed E-state index contributed by atoms with van der Waals surface area (Å²) in [7, 11) is 2.00. The van der Waals surface area contributed by atoms with Gasteiger partial charge in [0.25, 0.3) is 0 Å². The number of aryl methyl sites for hydroxylation is 1. The lowest BCUT2D eigenvalue weighted by atomic mass is 10.2. The van der Waals surface area contributed by atoms with Crippen LogP contribution >= 0.6 is 11.8 Å². The quantitative estimate of drug-likeness (QED) is 0.777. The number of aromatic nitrogens is 3. The molecule has 2 atom stereocenters. The molecule has 5 heteroatoms. The highest BCUT2D eigenvalue weighted by Crippen LogP contribution is 2.23. The van der Waals surface area contributed by atoms with E-state index in [1.54, 1.807) is 11.8 Å². The third kappa shape index (κ3) is 3.21. The van der Waals surface area contributed by atoms with Gasteiger partial charge in [0.2, 0.25) is 0 Å². The third-order valence-electron chi connectivity index (χ3n) is 2.57. The molecule has 86 valence electrons. The lowest BCUT2D eigenvalue weighted by Crippen LogP contribution is -2.33. The average Bonchev–Trinajstić information content (AvgIpc) is 2.50. The van der Waals surface area contributed by atoms with E-state index in [4.69, 9.17) is 0 Å². The van der Waals surface area contributed by atoms with Crippen LogP contribution in [-0.2, 0) is 7.05 Å². The summed E-state index contributed by atoms with van der Waals surface area (Å²) in [6.45, 7) is 9.51. The smallest absolute Gasteiger partial charge is 0.191 e. The standard InChI is InChI=1S/C10H20N4S/c1-6-11-7(2)8(3)15-10-13-12-9(4)14(10)5/h7-8,11H,6H2,1-5H3. The van der Waals surface area contributed by atoms with Crippen LogP contribution in [0.5, 0.6) is 0 Å². The lowest BCUT2D eigenvalue weighted by Gasteiger charge is -2.19. The highest BCUT2D eigenvalue weighted by molar-refractivity contribution is 7.99. The highest BCUT2D eigenvalue weighted by atomic mass is 32.2. The van der Waals surface area contributed by atoms with E-state index in [-0.39, 0.29) is 0 Å². The highest BCUT2D eigenvalue weighted by Gasteiger charge is 2.15. The molecule has 0 fully saturated rings. The largest absolute Gasteiger partial charge is 0.313 e. The molecule has 0 aliphatic rings. The molecule has 0 radical (unpaired) electrons. The fourth-order valence-electron chi connectivity index (χ4n) is 1.25. The first-order valence-corrected chi connectivity index (χ1v) is 6.20. The van der Waals surface area contributed by atoms with Crippen LogP contribution in [0.1, 0.15) is 26.6 Å². The van der Waals surface area contributed by atoms with Gasteiger partial charge in [-0.15, -0.1) is 10.2 Å². The molecule has 1 rings (SSSR count). The fourth-order valence-corrected chi connectivity index (χ4v) is 2.26. The summed E-state index contributed by atoms with van der Waals surface area (Å²) in [4.78, 5) is 0. The van der Waals surface area contributed by atoms with E-state index in [0.717, 1.165) is 17.5 Å². The fraction of sp³-hybridized carbons (Fsp3) is 0.800. The molecule has 0 aliphatic carbocycles. The van der Waals surface area contributed by atoms with E-state index in [9.17, 15) is 0 Å². The van der Waals surface area contributed by atoms with E-state index in [1.165, 1.54) is 0 Å². The van der Waals surface area contributed by atoms with Gasteiger partial charge < -0.3 is 9.88 Å². The second-order valence-electron chi connectivity index (χ2n) is 3.76. The van der Waals surface area contributed by atoms with Gasteiger partial charge in [0, 0.05) is 18.3 Å². The minimum Gasteiger partial charge on any atom is -0.313 e. The van der Waals surface area contributed by atoms with E-state index in [0.29, 0.717) is 11.3 Å². The van der Waals surface area contributed by atoms with Crippen LogP contribution in [0.25, 0.3) is 0 Å². The van der Waals surface area contributed by atoms with Gasteiger partial charge in [-0.2, -0.15) is 0 Å². The van der Waals surface area contributed by atoms with Crippen LogP contribution in [0.15, 0.2) is 5.16 Å². The van der Waals surface area contributed by atoms with Crippen molar-refractivity contribution in [3.8, 4) is 0 Å². The lowest BCUT2D eigenvalue weighted by molar-refractivity contribution is 0.561. The molecule has 2 unspecified atom stereocenters. The molecular formula is C10H20N4S. The Morgan fingerprint density at radius 1 is 1.40 bits per heavy atom. The molecule has 0 spiro atoms. The first kappa shape index (κ1) is 12.5. The van der Waals surface area contributed by atoms with Crippen molar-refractivity contribution >= 4 is 11.8 Å². The van der Waals surface area contributed by atoms with Crippen LogP contribution in [-0.4, -0.2) is 32.6 Å². The Kier molecular flexibility index (Phi) is 4.60. The Balaban J connectivity index is 2.58.